The molecule has 0 aliphatic carbocycles. The Morgan fingerprint density at radius 2 is 2.15 bits per heavy atom. The first kappa shape index (κ1) is 12.2. The maximum absolute atomic E-state index is 8.76. The van der Waals surface area contributed by atoms with Gasteiger partial charge < -0.3 is 5.11 Å². The number of nitrogens with zero attached hydrogens (tertiary/aromatic N) is 4. The summed E-state index contributed by atoms with van der Waals surface area (Å²) in [5.74, 6) is 0. The smallest absolute Gasteiger partial charge is 0.0558 e. The molecule has 0 heterocycles. The minimum atomic E-state index is 0.180. The van der Waals surface area contributed by atoms with Crippen LogP contribution in [0, 0.1) is 0 Å². The summed E-state index contributed by atoms with van der Waals surface area (Å²) in [4.78, 5) is 4.84. The van der Waals surface area contributed by atoms with Crippen molar-refractivity contribution in [3.63, 3.8) is 0 Å². The second-order valence-corrected chi connectivity index (χ2v) is 3.16. The van der Waals surface area contributed by atoms with E-state index in [2.05, 4.69) is 28.8 Å². The van der Waals surface area contributed by atoms with Crippen LogP contribution in [0.15, 0.2) is 5.11 Å². The van der Waals surface area contributed by atoms with Gasteiger partial charge in [0.1, 0.15) is 0 Å². The predicted molar refractivity (Wildman–Crippen MR) is 52.4 cm³/mol. The van der Waals surface area contributed by atoms with Crippen LogP contribution in [0.5, 0.6) is 0 Å². The van der Waals surface area contributed by atoms with Gasteiger partial charge in [-0.2, -0.15) is 0 Å². The second kappa shape index (κ2) is 7.86. The Kier molecular flexibility index (Phi) is 7.39. The molecule has 1 N–H and O–H groups in total. The van der Waals surface area contributed by atoms with Crippen molar-refractivity contribution in [3.05, 3.63) is 10.4 Å². The summed E-state index contributed by atoms with van der Waals surface area (Å²) in [6, 6.07) is 0.429. The van der Waals surface area contributed by atoms with E-state index in [-0.39, 0.29) is 6.61 Å². The Morgan fingerprint density at radius 3 is 2.62 bits per heavy atom. The van der Waals surface area contributed by atoms with Crippen molar-refractivity contribution in [2.24, 2.45) is 5.11 Å². The van der Waals surface area contributed by atoms with Crippen molar-refractivity contribution < 1.29 is 5.11 Å². The van der Waals surface area contributed by atoms with Gasteiger partial charge in [-0.25, -0.2) is 0 Å². The molecule has 0 amide bonds. The molecule has 76 valence electrons. The summed E-state index contributed by atoms with van der Waals surface area (Å²) < 4.78 is 0. The van der Waals surface area contributed by atoms with Crippen LogP contribution >= 0.6 is 0 Å². The Bertz CT molecular complexity index is 166. The third kappa shape index (κ3) is 6.40. The van der Waals surface area contributed by atoms with Crippen LogP contribution in [0.2, 0.25) is 0 Å². The predicted octanol–water partition coefficient (Wildman–Crippen LogP) is 1.39. The van der Waals surface area contributed by atoms with Gasteiger partial charge in [0.05, 0.1) is 6.61 Å². The van der Waals surface area contributed by atoms with E-state index in [0.717, 1.165) is 13.0 Å². The van der Waals surface area contributed by atoms with E-state index >= 15 is 0 Å². The molecule has 0 aromatic rings. The lowest BCUT2D eigenvalue weighted by Gasteiger charge is -2.24. The van der Waals surface area contributed by atoms with E-state index in [9.17, 15) is 0 Å². The summed E-state index contributed by atoms with van der Waals surface area (Å²) in [6.45, 7) is 6.45. The lowest BCUT2D eigenvalue weighted by Crippen LogP contribution is -2.34. The van der Waals surface area contributed by atoms with Gasteiger partial charge in [0.25, 0.3) is 0 Å². The van der Waals surface area contributed by atoms with Crippen molar-refractivity contribution in [3.8, 4) is 0 Å². The van der Waals surface area contributed by atoms with Gasteiger partial charge in [0, 0.05) is 24.0 Å². The van der Waals surface area contributed by atoms with Crippen LogP contribution in [0.25, 0.3) is 10.4 Å². The van der Waals surface area contributed by atoms with Crippen molar-refractivity contribution in [2.45, 2.75) is 26.3 Å². The van der Waals surface area contributed by atoms with Gasteiger partial charge >= 0.3 is 0 Å². The fourth-order valence-corrected chi connectivity index (χ4v) is 1.15. The first-order valence-corrected chi connectivity index (χ1v) is 4.58. The normalized spacial score (nSPS) is 10.5. The molecule has 0 spiro atoms. The summed E-state index contributed by atoms with van der Waals surface area (Å²) >= 11 is 0. The molecule has 0 bridgehead atoms. The molecule has 5 nitrogen and oxygen atoms in total. The Morgan fingerprint density at radius 1 is 1.46 bits per heavy atom. The molecule has 0 aromatic carbocycles. The van der Waals surface area contributed by atoms with Gasteiger partial charge in [-0.05, 0) is 32.3 Å². The van der Waals surface area contributed by atoms with Gasteiger partial charge in [-0.15, -0.1) is 0 Å². The molecule has 0 aliphatic rings. The van der Waals surface area contributed by atoms with Gasteiger partial charge in [-0.3, -0.25) is 4.90 Å². The number of azide groups is 1. The van der Waals surface area contributed by atoms with Gasteiger partial charge in [0.2, 0.25) is 0 Å². The third-order valence-electron chi connectivity index (χ3n) is 1.88. The van der Waals surface area contributed by atoms with E-state index in [1.807, 2.05) is 0 Å². The lowest BCUT2D eigenvalue weighted by molar-refractivity contribution is 0.165. The van der Waals surface area contributed by atoms with E-state index < -0.39 is 0 Å². The molecular formula is C8H18N4O. The van der Waals surface area contributed by atoms with Gasteiger partial charge in [0.15, 0.2) is 0 Å². The molecule has 0 unspecified atom stereocenters. The number of rotatable bonds is 7. The van der Waals surface area contributed by atoms with Crippen molar-refractivity contribution in [1.29, 1.82) is 0 Å². The van der Waals surface area contributed by atoms with E-state index in [1.54, 1.807) is 0 Å². The zero-order valence-corrected chi connectivity index (χ0v) is 8.35. The Hall–Kier alpha value is -0.770. The number of hydrogen-bond donors (Lipinski definition) is 1. The highest BCUT2D eigenvalue weighted by atomic mass is 16.3. The van der Waals surface area contributed by atoms with Gasteiger partial charge in [-0.1, -0.05) is 5.11 Å². The van der Waals surface area contributed by atoms with Crippen LogP contribution < -0.4 is 0 Å². The molecule has 0 saturated heterocycles. The Labute approximate surface area is 79.0 Å². The molecule has 0 aliphatic heterocycles. The largest absolute Gasteiger partial charge is 0.395 e. The van der Waals surface area contributed by atoms with Crippen LogP contribution in [0.3, 0.4) is 0 Å². The molecular weight excluding hydrogens is 168 g/mol. The van der Waals surface area contributed by atoms with Crippen molar-refractivity contribution >= 4 is 0 Å². The fraction of sp³-hybridized carbons (Fsp3) is 1.00. The molecule has 5 heteroatoms. The van der Waals surface area contributed by atoms with Crippen LogP contribution in [-0.2, 0) is 0 Å². The summed E-state index contributed by atoms with van der Waals surface area (Å²) in [6.07, 6.45) is 0.849. The molecule has 0 fully saturated rings. The minimum absolute atomic E-state index is 0.180. The highest BCUT2D eigenvalue weighted by Gasteiger charge is 2.06. The standard InChI is InChI=1S/C8H18N4O/c1-8(2)12(6-7-13)5-3-4-10-11-9/h8,13H,3-7H2,1-2H3. The summed E-state index contributed by atoms with van der Waals surface area (Å²) in [7, 11) is 0. The molecule has 0 aromatic heterocycles. The first-order chi connectivity index (χ1) is 6.22. The van der Waals surface area contributed by atoms with Crippen LogP contribution in [0.4, 0.5) is 0 Å². The molecule has 0 rings (SSSR count). The topological polar surface area (TPSA) is 72.2 Å². The molecule has 0 saturated carbocycles. The fourth-order valence-electron chi connectivity index (χ4n) is 1.15. The van der Waals surface area contributed by atoms with Crippen LogP contribution in [0.1, 0.15) is 20.3 Å². The number of aliphatic hydroxyl groups excluding tert-OH is 1. The quantitative estimate of drug-likeness (QED) is 0.282. The highest BCUT2D eigenvalue weighted by molar-refractivity contribution is 4.62. The third-order valence-corrected chi connectivity index (χ3v) is 1.88. The molecule has 13 heavy (non-hydrogen) atoms. The average molecular weight is 186 g/mol. The lowest BCUT2D eigenvalue weighted by atomic mass is 10.3. The summed E-state index contributed by atoms with van der Waals surface area (Å²) in [5.41, 5.74) is 8.05. The van der Waals surface area contributed by atoms with E-state index in [0.29, 0.717) is 19.1 Å². The van der Waals surface area contributed by atoms with Crippen LogP contribution in [-0.4, -0.2) is 42.3 Å². The molecule has 0 atom stereocenters. The molecule has 0 radical (unpaired) electrons. The Balaban J connectivity index is 3.62. The second-order valence-electron chi connectivity index (χ2n) is 3.16. The maximum atomic E-state index is 8.76. The summed E-state index contributed by atoms with van der Waals surface area (Å²) in [5, 5.41) is 12.2. The minimum Gasteiger partial charge on any atom is -0.395 e. The monoisotopic (exact) mass is 186 g/mol. The van der Waals surface area contributed by atoms with E-state index in [1.165, 1.54) is 0 Å². The zero-order chi connectivity index (χ0) is 10.1. The zero-order valence-electron chi connectivity index (χ0n) is 8.35. The average Bonchev–Trinajstić information content (AvgIpc) is 2.10. The SMILES string of the molecule is CC(C)N(CCO)CCCN=[N+]=[N-]. The highest BCUT2D eigenvalue weighted by Crippen LogP contribution is 1.98. The number of hydrogen-bond acceptors (Lipinski definition) is 3. The maximum Gasteiger partial charge on any atom is 0.0558 e. The van der Waals surface area contributed by atoms with E-state index in [4.69, 9.17) is 10.6 Å². The first-order valence-electron chi connectivity index (χ1n) is 4.58. The van der Waals surface area contributed by atoms with Crippen molar-refractivity contribution in [1.82, 2.24) is 4.90 Å². The van der Waals surface area contributed by atoms with Crippen molar-refractivity contribution in [2.75, 3.05) is 26.2 Å². The number of aliphatic hydroxyl groups is 1.